The summed E-state index contributed by atoms with van der Waals surface area (Å²) in [5.74, 6) is 0.0172. The first-order chi connectivity index (χ1) is 8.61. The lowest BCUT2D eigenvalue weighted by Gasteiger charge is -2.20. The first-order valence-electron chi connectivity index (χ1n) is 5.95. The van der Waals surface area contributed by atoms with E-state index in [4.69, 9.17) is 0 Å². The summed E-state index contributed by atoms with van der Waals surface area (Å²) >= 11 is 0. The average Bonchev–Trinajstić information content (AvgIpc) is 2.70. The Labute approximate surface area is 104 Å². The minimum Gasteiger partial charge on any atom is -0.435 e. The number of amides is 1. The molecule has 3 nitrogen and oxygen atoms in total. The molecule has 2 rings (SSSR count). The van der Waals surface area contributed by atoms with Gasteiger partial charge in [0.25, 0.3) is 0 Å². The summed E-state index contributed by atoms with van der Waals surface area (Å²) in [5, 5.41) is 2.85. The molecule has 5 heteroatoms. The number of carbonyl (C=O) groups excluding carboxylic acids is 1. The number of benzene rings is 1. The Morgan fingerprint density at radius 3 is 2.83 bits per heavy atom. The number of rotatable bonds is 4. The van der Waals surface area contributed by atoms with Crippen LogP contribution in [0.15, 0.2) is 24.3 Å². The van der Waals surface area contributed by atoms with Crippen LogP contribution in [-0.2, 0) is 4.79 Å². The average molecular weight is 255 g/mol. The summed E-state index contributed by atoms with van der Waals surface area (Å²) in [6, 6.07) is 6.65. The standard InChI is InChI=1S/C13H15F2NO2/c1-2-10-9(7-12(17)16-10)8-5-3-4-6-11(8)18-13(14)15/h3-6,9-10,13H,2,7H2,1H3,(H,16,17). The van der Waals surface area contributed by atoms with Crippen molar-refractivity contribution in [3.8, 4) is 5.75 Å². The van der Waals surface area contributed by atoms with Gasteiger partial charge in [0.2, 0.25) is 5.91 Å². The molecule has 2 atom stereocenters. The molecule has 0 aromatic heterocycles. The van der Waals surface area contributed by atoms with E-state index < -0.39 is 6.61 Å². The van der Waals surface area contributed by atoms with Gasteiger partial charge in [0.05, 0.1) is 0 Å². The van der Waals surface area contributed by atoms with E-state index in [0.717, 1.165) is 6.42 Å². The second-order valence-electron chi connectivity index (χ2n) is 4.31. The van der Waals surface area contributed by atoms with Crippen molar-refractivity contribution in [2.75, 3.05) is 0 Å². The molecule has 1 aliphatic heterocycles. The zero-order valence-corrected chi connectivity index (χ0v) is 10.0. The highest BCUT2D eigenvalue weighted by atomic mass is 19.3. The molecule has 1 aliphatic rings. The van der Waals surface area contributed by atoms with Gasteiger partial charge in [-0.3, -0.25) is 4.79 Å². The number of para-hydroxylation sites is 1. The second-order valence-corrected chi connectivity index (χ2v) is 4.31. The fourth-order valence-electron chi connectivity index (χ4n) is 2.41. The van der Waals surface area contributed by atoms with Gasteiger partial charge < -0.3 is 10.1 Å². The third-order valence-corrected chi connectivity index (χ3v) is 3.21. The van der Waals surface area contributed by atoms with Crippen molar-refractivity contribution in [2.24, 2.45) is 0 Å². The zero-order chi connectivity index (χ0) is 13.1. The molecule has 2 unspecified atom stereocenters. The molecule has 98 valence electrons. The van der Waals surface area contributed by atoms with Gasteiger partial charge in [-0.1, -0.05) is 25.1 Å². The van der Waals surface area contributed by atoms with Crippen molar-refractivity contribution in [3.05, 3.63) is 29.8 Å². The summed E-state index contributed by atoms with van der Waals surface area (Å²) in [4.78, 5) is 11.4. The van der Waals surface area contributed by atoms with Crippen LogP contribution in [0.3, 0.4) is 0 Å². The van der Waals surface area contributed by atoms with Crippen molar-refractivity contribution in [1.82, 2.24) is 5.32 Å². The quantitative estimate of drug-likeness (QED) is 0.898. The van der Waals surface area contributed by atoms with Gasteiger partial charge in [0.1, 0.15) is 5.75 Å². The number of ether oxygens (including phenoxy) is 1. The van der Waals surface area contributed by atoms with Gasteiger partial charge >= 0.3 is 6.61 Å². The molecule has 1 aromatic rings. The van der Waals surface area contributed by atoms with E-state index in [1.807, 2.05) is 6.92 Å². The van der Waals surface area contributed by atoms with Crippen LogP contribution in [0.1, 0.15) is 31.2 Å². The van der Waals surface area contributed by atoms with Crippen LogP contribution >= 0.6 is 0 Å². The van der Waals surface area contributed by atoms with E-state index in [9.17, 15) is 13.6 Å². The van der Waals surface area contributed by atoms with Gasteiger partial charge in [0.15, 0.2) is 0 Å². The Morgan fingerprint density at radius 1 is 1.44 bits per heavy atom. The van der Waals surface area contributed by atoms with Crippen LogP contribution in [0.4, 0.5) is 8.78 Å². The van der Waals surface area contributed by atoms with E-state index >= 15 is 0 Å². The van der Waals surface area contributed by atoms with Crippen LogP contribution in [0.25, 0.3) is 0 Å². The van der Waals surface area contributed by atoms with Crippen molar-refractivity contribution in [3.63, 3.8) is 0 Å². The molecule has 1 saturated heterocycles. The molecule has 0 aliphatic carbocycles. The van der Waals surface area contributed by atoms with Crippen LogP contribution < -0.4 is 10.1 Å². The predicted molar refractivity (Wildman–Crippen MR) is 62.7 cm³/mol. The lowest BCUT2D eigenvalue weighted by Crippen LogP contribution is -2.27. The van der Waals surface area contributed by atoms with Gasteiger partial charge in [0, 0.05) is 23.9 Å². The van der Waals surface area contributed by atoms with E-state index in [-0.39, 0.29) is 23.6 Å². The molecule has 1 heterocycles. The first kappa shape index (κ1) is 12.8. The molecule has 0 saturated carbocycles. The highest BCUT2D eigenvalue weighted by molar-refractivity contribution is 5.80. The van der Waals surface area contributed by atoms with Crippen LogP contribution in [0.2, 0.25) is 0 Å². The van der Waals surface area contributed by atoms with Gasteiger partial charge in [-0.05, 0) is 12.5 Å². The van der Waals surface area contributed by atoms with E-state index in [0.29, 0.717) is 12.0 Å². The third kappa shape index (κ3) is 2.60. The number of alkyl halides is 2. The fourth-order valence-corrected chi connectivity index (χ4v) is 2.41. The molecule has 0 radical (unpaired) electrons. The van der Waals surface area contributed by atoms with Crippen molar-refractivity contribution >= 4 is 5.91 Å². The monoisotopic (exact) mass is 255 g/mol. The Kier molecular flexibility index (Phi) is 3.79. The second kappa shape index (κ2) is 5.33. The minimum atomic E-state index is -2.85. The molecule has 1 N–H and O–H groups in total. The Hall–Kier alpha value is -1.65. The number of halogens is 2. The first-order valence-corrected chi connectivity index (χ1v) is 5.95. The molecule has 18 heavy (non-hydrogen) atoms. The summed E-state index contributed by atoms with van der Waals surface area (Å²) in [6.45, 7) is -0.892. The van der Waals surface area contributed by atoms with Gasteiger partial charge in [-0.15, -0.1) is 0 Å². The zero-order valence-electron chi connectivity index (χ0n) is 10.0. The highest BCUT2D eigenvalue weighted by Gasteiger charge is 2.34. The van der Waals surface area contributed by atoms with Crippen LogP contribution in [-0.4, -0.2) is 18.6 Å². The van der Waals surface area contributed by atoms with Crippen molar-refractivity contribution < 1.29 is 18.3 Å². The maximum Gasteiger partial charge on any atom is 0.387 e. The van der Waals surface area contributed by atoms with E-state index in [1.165, 1.54) is 6.07 Å². The topological polar surface area (TPSA) is 38.3 Å². The highest BCUT2D eigenvalue weighted by Crippen LogP contribution is 2.36. The third-order valence-electron chi connectivity index (χ3n) is 3.21. The van der Waals surface area contributed by atoms with E-state index in [1.54, 1.807) is 18.2 Å². The summed E-state index contributed by atoms with van der Waals surface area (Å²) < 4.78 is 29.2. The lowest BCUT2D eigenvalue weighted by molar-refractivity contribution is -0.119. The Bertz CT molecular complexity index is 437. The van der Waals surface area contributed by atoms with Crippen LogP contribution in [0.5, 0.6) is 5.75 Å². The molecule has 1 aromatic carbocycles. The SMILES string of the molecule is CCC1NC(=O)CC1c1ccccc1OC(F)F. The maximum absolute atomic E-state index is 12.3. The maximum atomic E-state index is 12.3. The molecule has 1 fully saturated rings. The Morgan fingerprint density at radius 2 is 2.17 bits per heavy atom. The number of carbonyl (C=O) groups is 1. The Balaban J connectivity index is 2.29. The lowest BCUT2D eigenvalue weighted by atomic mass is 9.90. The number of hydrogen-bond acceptors (Lipinski definition) is 2. The minimum absolute atomic E-state index is 0.0140. The van der Waals surface area contributed by atoms with Gasteiger partial charge in [-0.2, -0.15) is 8.78 Å². The fraction of sp³-hybridized carbons (Fsp3) is 0.462. The molecule has 0 spiro atoms. The largest absolute Gasteiger partial charge is 0.435 e. The summed E-state index contributed by atoms with van der Waals surface area (Å²) in [5.41, 5.74) is 0.669. The summed E-state index contributed by atoms with van der Waals surface area (Å²) in [7, 11) is 0. The molecular formula is C13H15F2NO2. The number of hydrogen-bond donors (Lipinski definition) is 1. The summed E-state index contributed by atoms with van der Waals surface area (Å²) in [6.07, 6.45) is 1.08. The molecule has 0 bridgehead atoms. The van der Waals surface area contributed by atoms with Crippen molar-refractivity contribution in [1.29, 1.82) is 0 Å². The smallest absolute Gasteiger partial charge is 0.387 e. The van der Waals surface area contributed by atoms with E-state index in [2.05, 4.69) is 10.1 Å². The predicted octanol–water partition coefficient (Wildman–Crippen LogP) is 2.67. The number of nitrogens with one attached hydrogen (secondary N) is 1. The van der Waals surface area contributed by atoms with Crippen molar-refractivity contribution in [2.45, 2.75) is 38.3 Å². The molecular weight excluding hydrogens is 240 g/mol. The van der Waals surface area contributed by atoms with Crippen LogP contribution in [0, 0.1) is 0 Å². The van der Waals surface area contributed by atoms with Gasteiger partial charge in [-0.25, -0.2) is 0 Å². The normalized spacial score (nSPS) is 23.2. The molecule has 1 amide bonds.